The molecule has 0 bridgehead atoms. The zero-order valence-electron chi connectivity index (χ0n) is 10.2. The van der Waals surface area contributed by atoms with Crippen molar-refractivity contribution in [2.75, 3.05) is 18.0 Å². The summed E-state index contributed by atoms with van der Waals surface area (Å²) >= 11 is 0. The number of pyridine rings is 1. The normalized spacial score (nSPS) is 10.4. The topological polar surface area (TPSA) is 96.6 Å². The van der Waals surface area contributed by atoms with E-state index in [0.29, 0.717) is 6.54 Å². The van der Waals surface area contributed by atoms with Crippen molar-refractivity contribution in [3.05, 3.63) is 28.6 Å². The zero-order valence-corrected chi connectivity index (χ0v) is 10.2. The van der Waals surface area contributed by atoms with Gasteiger partial charge in [0.25, 0.3) is 0 Å². The fraction of sp³-hybridized carbons (Fsp3) is 0.455. The Morgan fingerprint density at radius 3 is 2.78 bits per heavy atom. The summed E-state index contributed by atoms with van der Waals surface area (Å²) in [6.45, 7) is 3.99. The molecule has 18 heavy (non-hydrogen) atoms. The van der Waals surface area contributed by atoms with Crippen molar-refractivity contribution in [2.45, 2.75) is 13.8 Å². The van der Waals surface area contributed by atoms with E-state index in [-0.39, 0.29) is 23.8 Å². The number of anilines is 1. The maximum absolute atomic E-state index is 10.9. The van der Waals surface area contributed by atoms with Crippen LogP contribution in [-0.4, -0.2) is 34.1 Å². The van der Waals surface area contributed by atoms with E-state index in [4.69, 9.17) is 5.11 Å². The summed E-state index contributed by atoms with van der Waals surface area (Å²) in [7, 11) is 0. The Balaban J connectivity index is 3.11. The van der Waals surface area contributed by atoms with Crippen molar-refractivity contribution in [3.8, 4) is 0 Å². The van der Waals surface area contributed by atoms with Gasteiger partial charge in [-0.1, -0.05) is 13.8 Å². The second kappa shape index (κ2) is 5.95. The van der Waals surface area contributed by atoms with Gasteiger partial charge in [-0.3, -0.25) is 19.9 Å². The number of carboxylic acid groups (broad SMARTS) is 1. The molecule has 1 rings (SSSR count). The van der Waals surface area contributed by atoms with Gasteiger partial charge in [0.1, 0.15) is 18.4 Å². The minimum absolute atomic E-state index is 0.181. The first kappa shape index (κ1) is 13.9. The van der Waals surface area contributed by atoms with E-state index < -0.39 is 10.9 Å². The minimum Gasteiger partial charge on any atom is -0.480 e. The molecule has 7 nitrogen and oxygen atoms in total. The Morgan fingerprint density at radius 1 is 1.61 bits per heavy atom. The molecule has 1 aromatic rings. The summed E-state index contributed by atoms with van der Waals surface area (Å²) in [4.78, 5) is 26.3. The monoisotopic (exact) mass is 253 g/mol. The van der Waals surface area contributed by atoms with Gasteiger partial charge in [0, 0.05) is 12.7 Å². The number of carboxylic acids is 1. The molecule has 0 radical (unpaired) electrons. The number of hydrogen-bond acceptors (Lipinski definition) is 5. The van der Waals surface area contributed by atoms with E-state index >= 15 is 0 Å². The van der Waals surface area contributed by atoms with E-state index in [2.05, 4.69) is 4.98 Å². The third-order valence-corrected chi connectivity index (χ3v) is 2.23. The highest BCUT2D eigenvalue weighted by molar-refractivity contribution is 5.75. The maximum Gasteiger partial charge on any atom is 0.323 e. The fourth-order valence-electron chi connectivity index (χ4n) is 1.64. The molecular weight excluding hydrogens is 238 g/mol. The molecule has 0 aliphatic heterocycles. The van der Waals surface area contributed by atoms with Crippen molar-refractivity contribution < 1.29 is 14.8 Å². The van der Waals surface area contributed by atoms with Crippen LogP contribution in [0.4, 0.5) is 11.4 Å². The van der Waals surface area contributed by atoms with E-state index in [1.165, 1.54) is 17.2 Å². The zero-order chi connectivity index (χ0) is 13.7. The highest BCUT2D eigenvalue weighted by Gasteiger charge is 2.21. The molecule has 1 heterocycles. The molecule has 0 aliphatic rings. The SMILES string of the molecule is CC(C)CN(CC(=O)O)c1ccncc1[N+](=O)[O-]. The molecule has 0 saturated heterocycles. The lowest BCUT2D eigenvalue weighted by molar-refractivity contribution is -0.384. The van der Waals surface area contributed by atoms with Gasteiger partial charge in [-0.05, 0) is 12.0 Å². The van der Waals surface area contributed by atoms with Crippen molar-refractivity contribution in [1.29, 1.82) is 0 Å². The Bertz CT molecular complexity index is 448. The molecule has 0 saturated carbocycles. The molecule has 0 fully saturated rings. The Hall–Kier alpha value is -2.18. The lowest BCUT2D eigenvalue weighted by Gasteiger charge is -2.24. The first-order chi connectivity index (χ1) is 8.41. The quantitative estimate of drug-likeness (QED) is 0.610. The highest BCUT2D eigenvalue weighted by atomic mass is 16.6. The van der Waals surface area contributed by atoms with Crippen LogP contribution in [0.3, 0.4) is 0 Å². The second-order valence-corrected chi connectivity index (χ2v) is 4.29. The Kier molecular flexibility index (Phi) is 4.59. The molecule has 0 aliphatic carbocycles. The van der Waals surface area contributed by atoms with Crippen LogP contribution >= 0.6 is 0 Å². The summed E-state index contributed by atoms with van der Waals surface area (Å²) in [6, 6.07) is 1.46. The summed E-state index contributed by atoms with van der Waals surface area (Å²) in [5.74, 6) is -0.834. The van der Waals surface area contributed by atoms with Crippen molar-refractivity contribution in [1.82, 2.24) is 4.98 Å². The molecule has 0 amide bonds. The van der Waals surface area contributed by atoms with Crippen LogP contribution in [0.15, 0.2) is 18.5 Å². The van der Waals surface area contributed by atoms with E-state index in [9.17, 15) is 14.9 Å². The average molecular weight is 253 g/mol. The van der Waals surface area contributed by atoms with E-state index in [1.54, 1.807) is 0 Å². The Labute approximate surface area is 104 Å². The molecule has 0 unspecified atom stereocenters. The van der Waals surface area contributed by atoms with Gasteiger partial charge in [-0.15, -0.1) is 0 Å². The summed E-state index contributed by atoms with van der Waals surface area (Å²) in [6.07, 6.45) is 2.54. The van der Waals surface area contributed by atoms with Gasteiger partial charge in [0.2, 0.25) is 0 Å². The van der Waals surface area contributed by atoms with Gasteiger partial charge in [-0.25, -0.2) is 0 Å². The van der Waals surface area contributed by atoms with Crippen molar-refractivity contribution in [2.24, 2.45) is 5.92 Å². The third kappa shape index (κ3) is 3.69. The van der Waals surface area contributed by atoms with Crippen LogP contribution in [-0.2, 0) is 4.79 Å². The van der Waals surface area contributed by atoms with Crippen LogP contribution in [0.2, 0.25) is 0 Å². The molecule has 0 atom stereocenters. The standard InChI is InChI=1S/C11H15N3O4/c1-8(2)6-13(7-11(15)16)9-3-4-12-5-10(9)14(17)18/h3-5,8H,6-7H2,1-2H3,(H,15,16). The smallest absolute Gasteiger partial charge is 0.323 e. The van der Waals surface area contributed by atoms with Crippen LogP contribution in [0.25, 0.3) is 0 Å². The Morgan fingerprint density at radius 2 is 2.28 bits per heavy atom. The van der Waals surface area contributed by atoms with Gasteiger partial charge in [0.15, 0.2) is 0 Å². The molecule has 0 aromatic carbocycles. The fourth-order valence-corrected chi connectivity index (χ4v) is 1.64. The first-order valence-corrected chi connectivity index (χ1v) is 5.47. The summed E-state index contributed by atoms with van der Waals surface area (Å²) < 4.78 is 0. The number of aliphatic carboxylic acids is 1. The average Bonchev–Trinajstić information content (AvgIpc) is 2.26. The van der Waals surface area contributed by atoms with Gasteiger partial charge < -0.3 is 10.0 Å². The number of aromatic nitrogens is 1. The number of carbonyl (C=O) groups is 1. The molecule has 1 aromatic heterocycles. The van der Waals surface area contributed by atoms with Crippen LogP contribution in [0, 0.1) is 16.0 Å². The van der Waals surface area contributed by atoms with E-state index in [1.807, 2.05) is 13.8 Å². The summed E-state index contributed by atoms with van der Waals surface area (Å²) in [5.41, 5.74) is 0.102. The van der Waals surface area contributed by atoms with E-state index in [0.717, 1.165) is 6.20 Å². The number of hydrogen-bond donors (Lipinski definition) is 1. The molecule has 1 N–H and O–H groups in total. The number of rotatable bonds is 6. The van der Waals surface area contributed by atoms with Crippen molar-refractivity contribution in [3.63, 3.8) is 0 Å². The highest BCUT2D eigenvalue weighted by Crippen LogP contribution is 2.26. The lowest BCUT2D eigenvalue weighted by Crippen LogP contribution is -2.33. The minimum atomic E-state index is -1.03. The molecule has 0 spiro atoms. The summed E-state index contributed by atoms with van der Waals surface area (Å²) in [5, 5.41) is 19.7. The first-order valence-electron chi connectivity index (χ1n) is 5.47. The van der Waals surface area contributed by atoms with Crippen LogP contribution < -0.4 is 4.90 Å². The number of nitro groups is 1. The molecule has 98 valence electrons. The van der Waals surface area contributed by atoms with Gasteiger partial charge >= 0.3 is 11.7 Å². The maximum atomic E-state index is 10.9. The second-order valence-electron chi connectivity index (χ2n) is 4.29. The predicted molar refractivity (Wildman–Crippen MR) is 65.6 cm³/mol. The van der Waals surface area contributed by atoms with Gasteiger partial charge in [0.05, 0.1) is 4.92 Å². The van der Waals surface area contributed by atoms with Crippen molar-refractivity contribution >= 4 is 17.3 Å². The van der Waals surface area contributed by atoms with Crippen LogP contribution in [0.1, 0.15) is 13.8 Å². The molecule has 7 heteroatoms. The third-order valence-electron chi connectivity index (χ3n) is 2.23. The number of nitrogens with zero attached hydrogens (tertiary/aromatic N) is 3. The largest absolute Gasteiger partial charge is 0.480 e. The molecular formula is C11H15N3O4. The van der Waals surface area contributed by atoms with Gasteiger partial charge in [-0.2, -0.15) is 0 Å². The predicted octanol–water partition coefficient (Wildman–Crippen LogP) is 1.54. The lowest BCUT2D eigenvalue weighted by atomic mass is 10.2. The van der Waals surface area contributed by atoms with Crippen LogP contribution in [0.5, 0.6) is 0 Å².